The van der Waals surface area contributed by atoms with E-state index < -0.39 is 5.41 Å². The summed E-state index contributed by atoms with van der Waals surface area (Å²) in [5.74, 6) is 0.877. The van der Waals surface area contributed by atoms with E-state index in [9.17, 15) is 0 Å². The average Bonchev–Trinajstić information content (AvgIpc) is 3.88. The summed E-state index contributed by atoms with van der Waals surface area (Å²) < 4.78 is 4.82. The van der Waals surface area contributed by atoms with Gasteiger partial charge in [0.25, 0.3) is 0 Å². The van der Waals surface area contributed by atoms with Crippen LogP contribution < -0.4 is 0 Å². The smallest absolute Gasteiger partial charge is 0.145 e. The van der Waals surface area contributed by atoms with Crippen molar-refractivity contribution in [3.8, 4) is 33.6 Å². The predicted octanol–water partition coefficient (Wildman–Crippen LogP) is 14.2. The van der Waals surface area contributed by atoms with Gasteiger partial charge in [-0.05, 0) is 99.0 Å². The number of aromatic nitrogens is 2. The van der Waals surface area contributed by atoms with Crippen LogP contribution in [0.15, 0.2) is 183 Å². The molecule has 7 aromatic carbocycles. The minimum Gasteiger partial charge on any atom is -0.293 e. The lowest BCUT2D eigenvalue weighted by atomic mass is 9.65. The number of imidazole rings is 1. The van der Waals surface area contributed by atoms with Crippen LogP contribution >= 0.6 is 11.3 Å². The summed E-state index contributed by atoms with van der Waals surface area (Å²) in [5, 5.41) is 2.69. The van der Waals surface area contributed by atoms with Gasteiger partial charge in [-0.25, -0.2) is 4.98 Å². The fourth-order valence-electron chi connectivity index (χ4n) is 9.36. The van der Waals surface area contributed by atoms with Crippen molar-refractivity contribution in [2.24, 2.45) is 0 Å². The third-order valence-electron chi connectivity index (χ3n) is 11.7. The van der Waals surface area contributed by atoms with Gasteiger partial charge in [-0.15, -0.1) is 11.3 Å². The highest BCUT2D eigenvalue weighted by atomic mass is 32.1. The molecular weight excluding hydrogens is 697 g/mol. The van der Waals surface area contributed by atoms with Crippen molar-refractivity contribution < 1.29 is 0 Å². The molecule has 1 spiro atoms. The molecule has 0 saturated heterocycles. The summed E-state index contributed by atoms with van der Waals surface area (Å²) in [5.41, 5.74) is 16.0. The molecule has 0 aliphatic heterocycles. The number of thiophene rings is 1. The SMILES string of the molecule is C=C(/C=C\C=C/C)n1c(-c2ccccc2)nc2cc(-c3ccc4c(c3)C3(c5ccccc5C=C4)c4ccccc4-c4c3ccc3sc5ccccc5c43)ccc21. The predicted molar refractivity (Wildman–Crippen MR) is 239 cm³/mol. The lowest BCUT2D eigenvalue weighted by Crippen LogP contribution is -2.30. The summed E-state index contributed by atoms with van der Waals surface area (Å²) in [7, 11) is 0. The van der Waals surface area contributed by atoms with Gasteiger partial charge in [0.15, 0.2) is 0 Å². The van der Waals surface area contributed by atoms with Gasteiger partial charge in [-0.2, -0.15) is 0 Å². The minimum atomic E-state index is -0.530. The second kappa shape index (κ2) is 12.6. The van der Waals surface area contributed by atoms with Gasteiger partial charge >= 0.3 is 0 Å². The molecule has 1 unspecified atom stereocenters. The van der Waals surface area contributed by atoms with Gasteiger partial charge in [0.05, 0.1) is 16.4 Å². The van der Waals surface area contributed by atoms with Crippen LogP contribution in [0.5, 0.6) is 0 Å². The number of fused-ring (bicyclic) bond motifs is 14. The average molecular weight is 733 g/mol. The Balaban J connectivity index is 1.17. The van der Waals surface area contributed by atoms with Crippen LogP contribution in [0.3, 0.4) is 0 Å². The Bertz CT molecular complexity index is 3170. The van der Waals surface area contributed by atoms with Crippen molar-refractivity contribution in [1.29, 1.82) is 0 Å². The molecule has 2 heterocycles. The Morgan fingerprint density at radius 1 is 0.625 bits per heavy atom. The first-order valence-corrected chi connectivity index (χ1v) is 20.0. The van der Waals surface area contributed by atoms with E-state index in [4.69, 9.17) is 4.98 Å². The lowest BCUT2D eigenvalue weighted by Gasteiger charge is -2.35. The quantitative estimate of drug-likeness (QED) is 0.161. The van der Waals surface area contributed by atoms with E-state index in [1.807, 2.05) is 48.6 Å². The van der Waals surface area contributed by atoms with Gasteiger partial charge in [0.1, 0.15) is 5.82 Å². The van der Waals surface area contributed by atoms with Crippen molar-refractivity contribution in [2.45, 2.75) is 12.3 Å². The van der Waals surface area contributed by atoms with Crippen LogP contribution in [-0.2, 0) is 5.41 Å². The topological polar surface area (TPSA) is 17.8 Å². The van der Waals surface area contributed by atoms with E-state index in [2.05, 4.69) is 169 Å². The molecule has 56 heavy (non-hydrogen) atoms. The summed E-state index contributed by atoms with van der Waals surface area (Å²) >= 11 is 1.89. The summed E-state index contributed by atoms with van der Waals surface area (Å²) in [6, 6.07) is 55.9. The zero-order chi connectivity index (χ0) is 37.4. The molecule has 2 nitrogen and oxygen atoms in total. The van der Waals surface area contributed by atoms with Crippen molar-refractivity contribution in [3.05, 3.63) is 216 Å². The van der Waals surface area contributed by atoms with E-state index in [1.165, 1.54) is 64.7 Å². The van der Waals surface area contributed by atoms with Gasteiger partial charge in [0, 0.05) is 31.4 Å². The Morgan fingerprint density at radius 3 is 2.23 bits per heavy atom. The molecule has 2 aliphatic carbocycles. The second-order valence-electron chi connectivity index (χ2n) is 14.7. The Morgan fingerprint density at radius 2 is 1.36 bits per heavy atom. The van der Waals surface area contributed by atoms with E-state index in [0.717, 1.165) is 39.2 Å². The molecule has 11 rings (SSSR count). The van der Waals surface area contributed by atoms with Crippen molar-refractivity contribution in [3.63, 3.8) is 0 Å². The number of nitrogens with zero attached hydrogens (tertiary/aromatic N) is 2. The molecule has 1 atom stereocenters. The highest BCUT2D eigenvalue weighted by Crippen LogP contribution is 2.61. The Hall–Kier alpha value is -6.81. The molecule has 0 amide bonds. The molecule has 0 bridgehead atoms. The van der Waals surface area contributed by atoms with Crippen LogP contribution in [0.4, 0.5) is 0 Å². The van der Waals surface area contributed by atoms with Gasteiger partial charge in [-0.1, -0.05) is 158 Å². The normalized spacial score (nSPS) is 15.5. The maximum absolute atomic E-state index is 5.27. The molecule has 0 fully saturated rings. The highest BCUT2D eigenvalue weighted by molar-refractivity contribution is 7.26. The monoisotopic (exact) mass is 732 g/mol. The number of benzene rings is 7. The van der Waals surface area contributed by atoms with E-state index in [0.29, 0.717) is 0 Å². The number of rotatable bonds is 5. The lowest BCUT2D eigenvalue weighted by molar-refractivity contribution is 0.767. The van der Waals surface area contributed by atoms with Gasteiger partial charge in [0.2, 0.25) is 0 Å². The van der Waals surface area contributed by atoms with Gasteiger partial charge < -0.3 is 0 Å². The third-order valence-corrected chi connectivity index (χ3v) is 12.8. The van der Waals surface area contributed by atoms with E-state index >= 15 is 0 Å². The van der Waals surface area contributed by atoms with Gasteiger partial charge in [-0.3, -0.25) is 4.57 Å². The van der Waals surface area contributed by atoms with Crippen LogP contribution in [-0.4, -0.2) is 9.55 Å². The second-order valence-corrected chi connectivity index (χ2v) is 15.8. The maximum Gasteiger partial charge on any atom is 0.145 e. The first-order valence-electron chi connectivity index (χ1n) is 19.2. The standard InChI is InChI=1S/C53H36N2S/c1-3-4-6-15-34(2)55-47-30-28-39(33-46(47)54-52(55)37-17-7-5-8-18-37)38-27-26-36-25-24-35-16-9-12-21-42(35)53(45(36)32-38)43-22-13-10-19-40(43)50-44(53)29-31-49-51(50)41-20-11-14-23-48(41)56-49/h3-33H,2H2,1H3/b4-3-,15-6-. The van der Waals surface area contributed by atoms with Crippen LogP contribution in [0.1, 0.15) is 40.3 Å². The maximum atomic E-state index is 5.27. The molecule has 2 aromatic heterocycles. The summed E-state index contributed by atoms with van der Waals surface area (Å²) in [6.07, 6.45) is 12.7. The molecule has 0 N–H and O–H groups in total. The third kappa shape index (κ3) is 4.65. The van der Waals surface area contributed by atoms with Crippen LogP contribution in [0.2, 0.25) is 0 Å². The van der Waals surface area contributed by atoms with E-state index in [1.54, 1.807) is 0 Å². The number of allylic oxidation sites excluding steroid dienone is 5. The zero-order valence-electron chi connectivity index (χ0n) is 30.9. The fourth-order valence-corrected chi connectivity index (χ4v) is 10.5. The largest absolute Gasteiger partial charge is 0.293 e. The molecule has 3 heteroatoms. The first-order chi connectivity index (χ1) is 27.6. The van der Waals surface area contributed by atoms with Crippen molar-refractivity contribution in [1.82, 2.24) is 9.55 Å². The highest BCUT2D eigenvalue weighted by Gasteiger charge is 2.49. The molecule has 0 saturated carbocycles. The molecule has 0 radical (unpaired) electrons. The fraction of sp³-hybridized carbons (Fsp3) is 0.0377. The molecule has 9 aromatic rings. The minimum absolute atomic E-state index is 0.530. The zero-order valence-corrected chi connectivity index (χ0v) is 31.7. The summed E-state index contributed by atoms with van der Waals surface area (Å²) in [4.78, 5) is 5.27. The first kappa shape index (κ1) is 32.6. The number of hydrogen-bond donors (Lipinski definition) is 0. The van der Waals surface area contributed by atoms with Crippen LogP contribution in [0, 0.1) is 0 Å². The Kier molecular flexibility index (Phi) is 7.35. The van der Waals surface area contributed by atoms with Crippen LogP contribution in [0.25, 0.3) is 82.7 Å². The summed E-state index contributed by atoms with van der Waals surface area (Å²) in [6.45, 7) is 6.49. The molecule has 264 valence electrons. The Labute approximate surface area is 330 Å². The molecular formula is C53H36N2S. The van der Waals surface area contributed by atoms with E-state index in [-0.39, 0.29) is 0 Å². The van der Waals surface area contributed by atoms with Crippen molar-refractivity contribution >= 4 is 60.4 Å². The molecule has 2 aliphatic rings. The van der Waals surface area contributed by atoms with Crippen molar-refractivity contribution in [2.75, 3.05) is 0 Å². The number of hydrogen-bond acceptors (Lipinski definition) is 2.